The number of ether oxygens (including phenoxy) is 3. The fraction of sp³-hybridized carbons (Fsp3) is 0.909. The quantitative estimate of drug-likeness (QED) is 0.0274. The van der Waals surface area contributed by atoms with Gasteiger partial charge in [0.1, 0.15) is 24.3 Å². The van der Waals surface area contributed by atoms with Gasteiger partial charge in [-0.2, -0.15) is 0 Å². The number of anilines is 2. The maximum atomic E-state index is 12.9. The molecule has 0 radical (unpaired) electrons. The second-order valence-electron chi connectivity index (χ2n) is 19.5. The van der Waals surface area contributed by atoms with Gasteiger partial charge in [0.05, 0.1) is 6.10 Å². The van der Waals surface area contributed by atoms with E-state index < -0.39 is 0 Å². The van der Waals surface area contributed by atoms with E-state index in [-0.39, 0.29) is 22.9 Å². The SMILES string of the molecule is CCCCCCCCC(CC)OCOCCCCCCCCN(CCCCCCCC(=O)OC(CCCCCCCC)CCCCCCCC)CCCN(C)c1c(N(C)C)c(=O)c1=O. The zero-order chi connectivity index (χ0) is 46.9. The predicted molar refractivity (Wildman–Crippen MR) is 275 cm³/mol. The number of hydrogen-bond acceptors (Lipinski definition) is 9. The van der Waals surface area contributed by atoms with E-state index in [0.29, 0.717) is 30.7 Å². The van der Waals surface area contributed by atoms with Gasteiger partial charge in [-0.25, -0.2) is 0 Å². The van der Waals surface area contributed by atoms with Crippen molar-refractivity contribution in [3.8, 4) is 0 Å². The van der Waals surface area contributed by atoms with E-state index in [2.05, 4.69) is 32.6 Å². The van der Waals surface area contributed by atoms with Crippen LogP contribution < -0.4 is 20.7 Å². The van der Waals surface area contributed by atoms with E-state index in [1.54, 1.807) is 4.90 Å². The second kappa shape index (κ2) is 42.4. The first-order valence-corrected chi connectivity index (χ1v) is 27.5. The van der Waals surface area contributed by atoms with E-state index in [1.165, 1.54) is 154 Å². The third-order valence-electron chi connectivity index (χ3n) is 13.3. The van der Waals surface area contributed by atoms with Crippen LogP contribution >= 0.6 is 0 Å². The Hall–Kier alpha value is -1.97. The summed E-state index contributed by atoms with van der Waals surface area (Å²) >= 11 is 0. The van der Waals surface area contributed by atoms with Crippen molar-refractivity contribution in [2.45, 2.75) is 265 Å². The summed E-state index contributed by atoms with van der Waals surface area (Å²) in [4.78, 5) is 43.8. The summed E-state index contributed by atoms with van der Waals surface area (Å²) in [5.41, 5.74) is 0.356. The van der Waals surface area contributed by atoms with Gasteiger partial charge in [-0.15, -0.1) is 0 Å². The molecule has 0 aliphatic carbocycles. The van der Waals surface area contributed by atoms with E-state index in [4.69, 9.17) is 14.2 Å². The number of hydrogen-bond donors (Lipinski definition) is 0. The maximum Gasteiger partial charge on any atom is 0.306 e. The highest BCUT2D eigenvalue weighted by molar-refractivity contribution is 5.75. The molecule has 0 spiro atoms. The standard InChI is InChI=1S/C55H105N3O6/c1-8-12-15-18-24-31-39-49(11-4)63-48-62-47-37-30-22-21-28-35-44-58(46-38-43-57(7)53-52(56(5)6)54(60)55(53)61)45-36-29-23-27-34-42-51(59)64-50(40-32-25-19-16-13-9-2)41-33-26-20-17-14-10-3/h49-50H,8-48H2,1-7H3. The zero-order valence-electron chi connectivity index (χ0n) is 43.4. The molecule has 0 bridgehead atoms. The Balaban J connectivity index is 2.42. The smallest absolute Gasteiger partial charge is 0.306 e. The van der Waals surface area contributed by atoms with Crippen molar-refractivity contribution in [2.24, 2.45) is 0 Å². The molecule has 1 aromatic carbocycles. The Bertz CT molecular complexity index is 1250. The third-order valence-corrected chi connectivity index (χ3v) is 13.3. The van der Waals surface area contributed by atoms with Crippen LogP contribution in [0.5, 0.6) is 0 Å². The number of unbranched alkanes of at least 4 members (excludes halogenated alkanes) is 24. The summed E-state index contributed by atoms with van der Waals surface area (Å²) < 4.78 is 17.9. The first kappa shape index (κ1) is 60.0. The molecule has 0 fully saturated rings. The van der Waals surface area contributed by atoms with Gasteiger partial charge in [-0.05, 0) is 90.3 Å². The van der Waals surface area contributed by atoms with Crippen LogP contribution in [0.2, 0.25) is 0 Å². The highest BCUT2D eigenvalue weighted by Gasteiger charge is 2.25. The van der Waals surface area contributed by atoms with Crippen LogP contribution in [0.3, 0.4) is 0 Å². The summed E-state index contributed by atoms with van der Waals surface area (Å²) in [6.45, 7) is 14.1. The van der Waals surface area contributed by atoms with E-state index in [1.807, 2.05) is 26.0 Å². The van der Waals surface area contributed by atoms with Crippen LogP contribution in [-0.2, 0) is 19.0 Å². The molecule has 0 aliphatic heterocycles. The molecule has 0 aliphatic rings. The summed E-state index contributed by atoms with van der Waals surface area (Å²) in [5, 5.41) is 0. The topological polar surface area (TPSA) is 88.6 Å². The summed E-state index contributed by atoms with van der Waals surface area (Å²) in [5.74, 6) is 0.0110. The molecule has 9 nitrogen and oxygen atoms in total. The first-order chi connectivity index (χ1) is 31.2. The highest BCUT2D eigenvalue weighted by Crippen LogP contribution is 2.22. The lowest BCUT2D eigenvalue weighted by Crippen LogP contribution is -2.44. The van der Waals surface area contributed by atoms with Crippen molar-refractivity contribution in [2.75, 3.05) is 70.5 Å². The Morgan fingerprint density at radius 3 is 1.39 bits per heavy atom. The van der Waals surface area contributed by atoms with E-state index in [9.17, 15) is 14.4 Å². The van der Waals surface area contributed by atoms with Gasteiger partial charge in [0.15, 0.2) is 0 Å². The first-order valence-electron chi connectivity index (χ1n) is 27.5. The summed E-state index contributed by atoms with van der Waals surface area (Å²) in [6, 6.07) is 0. The van der Waals surface area contributed by atoms with Crippen LogP contribution in [0.4, 0.5) is 11.4 Å². The molecule has 64 heavy (non-hydrogen) atoms. The van der Waals surface area contributed by atoms with Gasteiger partial charge in [0.25, 0.3) is 10.9 Å². The lowest BCUT2D eigenvalue weighted by molar-refractivity contribution is -0.150. The number of carbonyl (C=O) groups excluding carboxylic acids is 1. The van der Waals surface area contributed by atoms with Crippen LogP contribution in [-0.4, -0.2) is 83.8 Å². The minimum Gasteiger partial charge on any atom is -0.462 e. The van der Waals surface area contributed by atoms with Crippen molar-refractivity contribution in [1.82, 2.24) is 4.90 Å². The zero-order valence-corrected chi connectivity index (χ0v) is 43.4. The largest absolute Gasteiger partial charge is 0.462 e. The molecular formula is C55H105N3O6. The molecular weight excluding hydrogens is 799 g/mol. The lowest BCUT2D eigenvalue weighted by atomic mass is 10.0. The second-order valence-corrected chi connectivity index (χ2v) is 19.5. The van der Waals surface area contributed by atoms with Crippen LogP contribution in [0, 0.1) is 0 Å². The van der Waals surface area contributed by atoms with Gasteiger partial charge in [0, 0.05) is 40.7 Å². The molecule has 376 valence electrons. The van der Waals surface area contributed by atoms with E-state index >= 15 is 0 Å². The Kier molecular flexibility index (Phi) is 39.8. The molecule has 1 unspecified atom stereocenters. The number of rotatable bonds is 49. The Morgan fingerprint density at radius 2 is 0.891 bits per heavy atom. The van der Waals surface area contributed by atoms with Crippen molar-refractivity contribution in [3.05, 3.63) is 20.4 Å². The average molecular weight is 904 g/mol. The van der Waals surface area contributed by atoms with Crippen LogP contribution in [0.15, 0.2) is 9.59 Å². The molecule has 0 saturated carbocycles. The third kappa shape index (κ3) is 31.1. The Morgan fingerprint density at radius 1 is 0.469 bits per heavy atom. The molecule has 0 heterocycles. The van der Waals surface area contributed by atoms with Gasteiger partial charge < -0.3 is 28.9 Å². The Labute approximate surface area is 395 Å². The van der Waals surface area contributed by atoms with Crippen molar-refractivity contribution >= 4 is 17.3 Å². The molecule has 0 amide bonds. The van der Waals surface area contributed by atoms with Crippen LogP contribution in [0.1, 0.15) is 252 Å². The van der Waals surface area contributed by atoms with Gasteiger partial charge in [0.2, 0.25) is 0 Å². The maximum absolute atomic E-state index is 12.9. The van der Waals surface area contributed by atoms with Gasteiger partial charge in [-0.1, -0.05) is 175 Å². The monoisotopic (exact) mass is 904 g/mol. The molecule has 1 atom stereocenters. The van der Waals surface area contributed by atoms with Gasteiger partial charge >= 0.3 is 5.97 Å². The average Bonchev–Trinajstić information content (AvgIpc) is 3.28. The minimum atomic E-state index is -0.373. The van der Waals surface area contributed by atoms with Crippen molar-refractivity contribution in [1.29, 1.82) is 0 Å². The molecule has 0 saturated heterocycles. The van der Waals surface area contributed by atoms with Crippen molar-refractivity contribution in [3.63, 3.8) is 0 Å². The predicted octanol–water partition coefficient (Wildman–Crippen LogP) is 14.1. The molecule has 9 heteroatoms. The summed E-state index contributed by atoms with van der Waals surface area (Å²) in [6.07, 6.45) is 42.1. The normalized spacial score (nSPS) is 12.3. The molecule has 1 rings (SSSR count). The lowest BCUT2D eigenvalue weighted by Gasteiger charge is -2.28. The van der Waals surface area contributed by atoms with E-state index in [0.717, 1.165) is 97.0 Å². The molecule has 1 aromatic rings. The van der Waals surface area contributed by atoms with Crippen LogP contribution in [0.25, 0.3) is 0 Å². The number of esters is 1. The molecule has 0 aromatic heterocycles. The van der Waals surface area contributed by atoms with Crippen molar-refractivity contribution < 1.29 is 19.0 Å². The molecule has 0 N–H and O–H groups in total. The van der Waals surface area contributed by atoms with Gasteiger partial charge in [-0.3, -0.25) is 14.4 Å². The highest BCUT2D eigenvalue weighted by atomic mass is 16.7. The summed E-state index contributed by atoms with van der Waals surface area (Å²) in [7, 11) is 5.59. The fourth-order valence-corrected chi connectivity index (χ4v) is 9.07. The number of nitrogens with zero attached hydrogens (tertiary/aromatic N) is 3. The number of carbonyl (C=O) groups is 1. The minimum absolute atomic E-state index is 0.0110. The fourth-order valence-electron chi connectivity index (χ4n) is 9.07.